The molecule has 3 heteroatoms. The first kappa shape index (κ1) is 12.8. The Morgan fingerprint density at radius 3 is 2.45 bits per heavy atom. The van der Waals surface area contributed by atoms with Gasteiger partial charge < -0.3 is 14.0 Å². The highest BCUT2D eigenvalue weighted by molar-refractivity contribution is 5.86. The second-order valence-electron chi connectivity index (χ2n) is 5.06. The molecule has 0 saturated heterocycles. The third-order valence-corrected chi connectivity index (χ3v) is 3.76. The van der Waals surface area contributed by atoms with E-state index in [2.05, 4.69) is 4.57 Å². The zero-order valence-corrected chi connectivity index (χ0v) is 12.2. The number of nitrogens with zero attached hydrogens (tertiary/aromatic N) is 1. The van der Waals surface area contributed by atoms with Crippen molar-refractivity contribution < 1.29 is 9.47 Å². The fourth-order valence-electron chi connectivity index (χ4n) is 2.77. The molecule has 0 N–H and O–H groups in total. The monoisotopic (exact) mass is 289 g/mol. The molecule has 108 valence electrons. The Bertz CT molecular complexity index is 847. The molecule has 2 aromatic carbocycles. The van der Waals surface area contributed by atoms with Gasteiger partial charge in [-0.1, -0.05) is 42.5 Å². The van der Waals surface area contributed by atoms with Gasteiger partial charge in [0.15, 0.2) is 17.3 Å². The molecule has 3 nitrogen and oxygen atoms in total. The first-order valence-electron chi connectivity index (χ1n) is 7.17. The third-order valence-electron chi connectivity index (χ3n) is 3.76. The predicted molar refractivity (Wildman–Crippen MR) is 86.7 cm³/mol. The second kappa shape index (κ2) is 5.11. The van der Waals surface area contributed by atoms with Crippen molar-refractivity contribution in [2.24, 2.45) is 0 Å². The maximum Gasteiger partial charge on any atom is 0.186 e. The highest BCUT2D eigenvalue weighted by atomic mass is 16.5. The van der Waals surface area contributed by atoms with Gasteiger partial charge in [0.25, 0.3) is 0 Å². The van der Waals surface area contributed by atoms with Crippen LogP contribution in [0, 0.1) is 0 Å². The number of hydrogen-bond acceptors (Lipinski definition) is 2. The first-order valence-corrected chi connectivity index (χ1v) is 7.17. The normalized spacial score (nSPS) is 13.0. The molecule has 0 amide bonds. The van der Waals surface area contributed by atoms with E-state index in [1.165, 1.54) is 0 Å². The average Bonchev–Trinajstić information content (AvgIpc) is 3.00. The lowest BCUT2D eigenvalue weighted by molar-refractivity contribution is 0.359. The Balaban J connectivity index is 2.02. The fourth-order valence-corrected chi connectivity index (χ4v) is 2.77. The van der Waals surface area contributed by atoms with E-state index in [4.69, 9.17) is 9.47 Å². The molecule has 0 saturated carbocycles. The molecular formula is C19H15NO2. The van der Waals surface area contributed by atoms with Crippen molar-refractivity contribution in [1.82, 2.24) is 4.57 Å². The van der Waals surface area contributed by atoms with Gasteiger partial charge in [-0.05, 0) is 24.3 Å². The molecule has 1 aliphatic heterocycles. The Hall–Kier alpha value is -2.94. The summed E-state index contributed by atoms with van der Waals surface area (Å²) in [4.78, 5) is 0. The van der Waals surface area contributed by atoms with E-state index in [1.54, 1.807) is 7.11 Å². The molecule has 2 heterocycles. The smallest absolute Gasteiger partial charge is 0.186 e. The zero-order chi connectivity index (χ0) is 14.9. The van der Waals surface area contributed by atoms with Crippen molar-refractivity contribution in [3.05, 3.63) is 84.2 Å². The van der Waals surface area contributed by atoms with E-state index in [-0.39, 0.29) is 0 Å². The number of aromatic nitrogens is 1. The van der Waals surface area contributed by atoms with Crippen LogP contribution in [0.3, 0.4) is 0 Å². The highest BCUT2D eigenvalue weighted by Crippen LogP contribution is 2.37. The molecule has 0 spiro atoms. The van der Waals surface area contributed by atoms with Crippen LogP contribution in [-0.2, 0) is 4.74 Å². The lowest BCUT2D eigenvalue weighted by Gasteiger charge is -2.12. The fraction of sp³-hybridized carbons (Fsp3) is 0.0526. The third kappa shape index (κ3) is 1.91. The number of methoxy groups -OCH3 is 1. The van der Waals surface area contributed by atoms with Crippen LogP contribution in [0.1, 0.15) is 11.3 Å². The van der Waals surface area contributed by atoms with Crippen molar-refractivity contribution >= 4 is 11.5 Å². The van der Waals surface area contributed by atoms with Gasteiger partial charge in [-0.3, -0.25) is 0 Å². The summed E-state index contributed by atoms with van der Waals surface area (Å²) in [5.74, 6) is 2.27. The first-order chi connectivity index (χ1) is 10.9. The summed E-state index contributed by atoms with van der Waals surface area (Å²) in [5, 5.41) is 0. The molecule has 0 atom stereocenters. The molecule has 0 fully saturated rings. The minimum absolute atomic E-state index is 0.729. The largest absolute Gasteiger partial charge is 0.491 e. The summed E-state index contributed by atoms with van der Waals surface area (Å²) < 4.78 is 14.0. The summed E-state index contributed by atoms with van der Waals surface area (Å²) in [6.07, 6.45) is 2.02. The minimum Gasteiger partial charge on any atom is -0.491 e. The second-order valence-corrected chi connectivity index (χ2v) is 5.06. The van der Waals surface area contributed by atoms with Crippen LogP contribution in [0.5, 0.6) is 5.75 Å². The highest BCUT2D eigenvalue weighted by Gasteiger charge is 2.24. The van der Waals surface area contributed by atoms with E-state index in [0.29, 0.717) is 0 Å². The average molecular weight is 289 g/mol. The van der Waals surface area contributed by atoms with Crippen LogP contribution < -0.4 is 4.74 Å². The Labute approximate surface area is 129 Å². The van der Waals surface area contributed by atoms with Crippen LogP contribution in [0.4, 0.5) is 0 Å². The molecule has 0 bridgehead atoms. The van der Waals surface area contributed by atoms with Crippen LogP contribution in [0.2, 0.25) is 0 Å². The van der Waals surface area contributed by atoms with Crippen LogP contribution in [-0.4, -0.2) is 11.7 Å². The van der Waals surface area contributed by atoms with Gasteiger partial charge in [0.1, 0.15) is 0 Å². The van der Waals surface area contributed by atoms with E-state index in [1.807, 2.05) is 72.9 Å². The van der Waals surface area contributed by atoms with Crippen molar-refractivity contribution in [3.8, 4) is 11.4 Å². The maximum absolute atomic E-state index is 6.22. The van der Waals surface area contributed by atoms with Gasteiger partial charge in [-0.2, -0.15) is 0 Å². The number of ether oxygens (including phenoxy) is 2. The number of hydrogen-bond donors (Lipinski definition) is 0. The Kier molecular flexibility index (Phi) is 2.97. The van der Waals surface area contributed by atoms with Crippen LogP contribution in [0.15, 0.2) is 72.9 Å². The lowest BCUT2D eigenvalue weighted by atomic mass is 10.1. The van der Waals surface area contributed by atoms with Crippen molar-refractivity contribution in [2.45, 2.75) is 0 Å². The minimum atomic E-state index is 0.729. The summed E-state index contributed by atoms with van der Waals surface area (Å²) in [5.41, 5.74) is 2.97. The van der Waals surface area contributed by atoms with E-state index in [9.17, 15) is 0 Å². The Morgan fingerprint density at radius 2 is 1.64 bits per heavy atom. The molecule has 0 aliphatic carbocycles. The summed E-state index contributed by atoms with van der Waals surface area (Å²) in [6.45, 7) is 0. The molecule has 3 aromatic rings. The van der Waals surface area contributed by atoms with Gasteiger partial charge >= 0.3 is 0 Å². The quantitative estimate of drug-likeness (QED) is 0.700. The van der Waals surface area contributed by atoms with Crippen molar-refractivity contribution in [2.75, 3.05) is 7.11 Å². The summed E-state index contributed by atoms with van der Waals surface area (Å²) >= 11 is 0. The molecule has 1 aliphatic rings. The molecule has 4 rings (SSSR count). The summed E-state index contributed by atoms with van der Waals surface area (Å²) in [7, 11) is 1.68. The zero-order valence-electron chi connectivity index (χ0n) is 12.2. The van der Waals surface area contributed by atoms with E-state index >= 15 is 0 Å². The van der Waals surface area contributed by atoms with Crippen molar-refractivity contribution in [3.63, 3.8) is 0 Å². The van der Waals surface area contributed by atoms with Gasteiger partial charge in [0.05, 0.1) is 18.5 Å². The molecule has 22 heavy (non-hydrogen) atoms. The number of para-hydroxylation sites is 2. The number of fused-ring (bicyclic) bond motifs is 3. The van der Waals surface area contributed by atoms with E-state index in [0.717, 1.165) is 34.2 Å². The molecule has 0 unspecified atom stereocenters. The lowest BCUT2D eigenvalue weighted by Crippen LogP contribution is -2.00. The van der Waals surface area contributed by atoms with Gasteiger partial charge in [-0.15, -0.1) is 0 Å². The van der Waals surface area contributed by atoms with Gasteiger partial charge in [0, 0.05) is 11.8 Å². The SMILES string of the molecule is COC1=C(c2ccccc2)Oc2ccccc2-n2cccc21. The summed E-state index contributed by atoms with van der Waals surface area (Å²) in [6, 6.07) is 22.1. The molecular weight excluding hydrogens is 274 g/mol. The van der Waals surface area contributed by atoms with Gasteiger partial charge in [0.2, 0.25) is 0 Å². The topological polar surface area (TPSA) is 23.4 Å². The van der Waals surface area contributed by atoms with Crippen LogP contribution >= 0.6 is 0 Å². The number of benzene rings is 2. The number of rotatable bonds is 2. The van der Waals surface area contributed by atoms with Crippen molar-refractivity contribution in [1.29, 1.82) is 0 Å². The molecule has 0 radical (unpaired) electrons. The van der Waals surface area contributed by atoms with Crippen LogP contribution in [0.25, 0.3) is 17.2 Å². The van der Waals surface area contributed by atoms with Gasteiger partial charge in [-0.25, -0.2) is 0 Å². The standard InChI is InChI=1S/C19H15NO2/c1-21-19-16-11-7-13-20(16)15-10-5-6-12-17(15)22-18(19)14-8-3-2-4-9-14/h2-13H,1H3. The maximum atomic E-state index is 6.22. The molecule has 1 aromatic heterocycles. The predicted octanol–water partition coefficient (Wildman–Crippen LogP) is 4.34. The Morgan fingerprint density at radius 1 is 0.864 bits per heavy atom. The van der Waals surface area contributed by atoms with E-state index < -0.39 is 0 Å².